The number of hydrogen-bond donors (Lipinski definition) is 2. The number of piperazine rings is 1. The van der Waals surface area contributed by atoms with Crippen LogP contribution in [-0.2, 0) is 15.9 Å². The van der Waals surface area contributed by atoms with Crippen LogP contribution < -0.4 is 10.6 Å². The molecular formula is C31H39N5O4. The van der Waals surface area contributed by atoms with Crippen LogP contribution in [0.1, 0.15) is 47.8 Å². The molecule has 1 aromatic heterocycles. The van der Waals surface area contributed by atoms with E-state index in [1.807, 2.05) is 53.4 Å². The summed E-state index contributed by atoms with van der Waals surface area (Å²) in [6.07, 6.45) is 5.87. The molecule has 1 saturated carbocycles. The van der Waals surface area contributed by atoms with Crippen LogP contribution in [-0.4, -0.2) is 78.5 Å². The summed E-state index contributed by atoms with van der Waals surface area (Å²) in [5, 5.41) is 6.53. The maximum Gasteiger partial charge on any atom is 0.407 e. The molecule has 40 heavy (non-hydrogen) atoms. The molecule has 0 unspecified atom stereocenters. The van der Waals surface area contributed by atoms with E-state index in [1.54, 1.807) is 13.4 Å². The fourth-order valence-corrected chi connectivity index (χ4v) is 5.91. The number of benzene rings is 2. The van der Waals surface area contributed by atoms with Crippen molar-refractivity contribution in [2.75, 3.05) is 40.0 Å². The van der Waals surface area contributed by atoms with Crippen LogP contribution in [0.3, 0.4) is 0 Å². The minimum absolute atomic E-state index is 0.0309. The molecule has 5 rings (SSSR count). The van der Waals surface area contributed by atoms with Crippen molar-refractivity contribution in [1.29, 1.82) is 0 Å². The van der Waals surface area contributed by atoms with Crippen LogP contribution in [0.15, 0.2) is 67.0 Å². The second-order valence-corrected chi connectivity index (χ2v) is 10.5. The van der Waals surface area contributed by atoms with E-state index >= 15 is 0 Å². The Kier molecular flexibility index (Phi) is 9.46. The van der Waals surface area contributed by atoms with E-state index < -0.39 is 6.09 Å². The molecule has 2 heterocycles. The zero-order chi connectivity index (χ0) is 27.7. The molecule has 0 spiro atoms. The van der Waals surface area contributed by atoms with Crippen LogP contribution in [0.25, 0.3) is 11.3 Å². The van der Waals surface area contributed by atoms with Crippen LogP contribution in [0, 0.1) is 0 Å². The van der Waals surface area contributed by atoms with E-state index in [9.17, 15) is 9.59 Å². The number of nitrogens with zero attached hydrogens (tertiary/aromatic N) is 3. The molecule has 3 atom stereocenters. The number of methoxy groups -OCH3 is 1. The van der Waals surface area contributed by atoms with Gasteiger partial charge < -0.3 is 29.6 Å². The zero-order valence-corrected chi connectivity index (χ0v) is 23.1. The van der Waals surface area contributed by atoms with Crippen LogP contribution in [0.4, 0.5) is 4.79 Å². The second-order valence-electron chi connectivity index (χ2n) is 10.5. The molecular weight excluding hydrogens is 506 g/mol. The van der Waals surface area contributed by atoms with Gasteiger partial charge in [-0.25, -0.2) is 9.78 Å². The van der Waals surface area contributed by atoms with Crippen molar-refractivity contribution in [1.82, 2.24) is 25.1 Å². The molecule has 2 fully saturated rings. The first kappa shape index (κ1) is 27.9. The maximum atomic E-state index is 14.2. The van der Waals surface area contributed by atoms with Gasteiger partial charge in [0.15, 0.2) is 5.69 Å². The topological polar surface area (TPSA) is 97.7 Å². The van der Waals surface area contributed by atoms with Crippen molar-refractivity contribution in [3.05, 3.63) is 78.2 Å². The van der Waals surface area contributed by atoms with Gasteiger partial charge in [0.25, 0.3) is 5.91 Å². The fourth-order valence-electron chi connectivity index (χ4n) is 5.91. The molecule has 0 radical (unpaired) electrons. The lowest BCUT2D eigenvalue weighted by Crippen LogP contribution is -2.54. The minimum atomic E-state index is -0.448. The Labute approximate surface area is 235 Å². The van der Waals surface area contributed by atoms with Crippen molar-refractivity contribution >= 4 is 12.0 Å². The number of aromatic nitrogens is 2. The third-order valence-corrected chi connectivity index (χ3v) is 7.88. The Morgan fingerprint density at radius 1 is 1.02 bits per heavy atom. The molecule has 212 valence electrons. The Balaban J connectivity index is 1.45. The lowest BCUT2D eigenvalue weighted by atomic mass is 9.89. The number of alkyl carbamates (subject to hydrolysis) is 1. The first-order chi connectivity index (χ1) is 19.7. The van der Waals surface area contributed by atoms with E-state index in [2.05, 4.69) is 27.3 Å². The summed E-state index contributed by atoms with van der Waals surface area (Å²) < 4.78 is 12.4. The second kappa shape index (κ2) is 13.6. The minimum Gasteiger partial charge on any atom is -0.447 e. The Morgan fingerprint density at radius 3 is 2.55 bits per heavy atom. The summed E-state index contributed by atoms with van der Waals surface area (Å²) in [6.45, 7) is 2.66. The summed E-state index contributed by atoms with van der Waals surface area (Å²) in [5.41, 5.74) is 3.40. The summed E-state index contributed by atoms with van der Waals surface area (Å²) in [5.74, 6) is -0.0562. The third-order valence-electron chi connectivity index (χ3n) is 7.88. The van der Waals surface area contributed by atoms with Crippen molar-refractivity contribution < 1.29 is 19.1 Å². The van der Waals surface area contributed by atoms with Crippen LogP contribution in [0.2, 0.25) is 0 Å². The van der Waals surface area contributed by atoms with E-state index in [0.717, 1.165) is 56.5 Å². The van der Waals surface area contributed by atoms with Gasteiger partial charge in [0, 0.05) is 38.3 Å². The molecule has 1 saturated heterocycles. The van der Waals surface area contributed by atoms with Crippen LogP contribution >= 0.6 is 0 Å². The molecule has 2 N–H and O–H groups in total. The van der Waals surface area contributed by atoms with Gasteiger partial charge >= 0.3 is 6.09 Å². The number of ether oxygens (including phenoxy) is 2. The maximum absolute atomic E-state index is 14.2. The van der Waals surface area contributed by atoms with E-state index in [0.29, 0.717) is 18.8 Å². The SMILES string of the molecule is COCCOC(=O)N[C@H]1CCCC[C@@H]1n1cnc(C(=O)N2CCNC[C@H]2Cc2ccccc2)c1-c1ccccc1. The molecule has 2 amide bonds. The third kappa shape index (κ3) is 6.54. The van der Waals surface area contributed by atoms with Crippen molar-refractivity contribution in [2.45, 2.75) is 50.2 Å². The highest BCUT2D eigenvalue weighted by molar-refractivity contribution is 5.98. The quantitative estimate of drug-likeness (QED) is 0.394. The van der Waals surface area contributed by atoms with Gasteiger partial charge in [0.1, 0.15) is 6.61 Å². The number of hydrogen-bond acceptors (Lipinski definition) is 6. The molecule has 0 bridgehead atoms. The van der Waals surface area contributed by atoms with Crippen molar-refractivity contribution in [2.24, 2.45) is 0 Å². The molecule has 2 aliphatic rings. The predicted octanol–water partition coefficient (Wildman–Crippen LogP) is 4.06. The lowest BCUT2D eigenvalue weighted by Gasteiger charge is -2.36. The number of rotatable bonds is 9. The van der Waals surface area contributed by atoms with Crippen molar-refractivity contribution in [3.63, 3.8) is 0 Å². The molecule has 2 aromatic carbocycles. The number of amides is 2. The average Bonchev–Trinajstić information content (AvgIpc) is 3.44. The molecule has 9 heteroatoms. The summed E-state index contributed by atoms with van der Waals surface area (Å²) in [7, 11) is 1.58. The van der Waals surface area contributed by atoms with Gasteiger partial charge in [0.05, 0.1) is 30.7 Å². The predicted molar refractivity (Wildman–Crippen MR) is 153 cm³/mol. The van der Waals surface area contributed by atoms with E-state index in [1.165, 1.54) is 5.56 Å². The zero-order valence-electron chi connectivity index (χ0n) is 23.1. The highest BCUT2D eigenvalue weighted by atomic mass is 16.6. The fraction of sp³-hybridized carbons (Fsp3) is 0.452. The van der Waals surface area contributed by atoms with Gasteiger partial charge in [-0.2, -0.15) is 0 Å². The Hall–Kier alpha value is -3.69. The number of imidazole rings is 1. The number of carbonyl (C=O) groups excluding carboxylic acids is 2. The Bertz CT molecular complexity index is 1250. The van der Waals surface area contributed by atoms with Gasteiger partial charge in [0.2, 0.25) is 0 Å². The van der Waals surface area contributed by atoms with Gasteiger partial charge in [-0.1, -0.05) is 73.5 Å². The molecule has 3 aromatic rings. The largest absolute Gasteiger partial charge is 0.447 e. The molecule has 1 aliphatic carbocycles. The Morgan fingerprint density at radius 2 is 1.77 bits per heavy atom. The highest BCUT2D eigenvalue weighted by Crippen LogP contribution is 2.35. The number of carbonyl (C=O) groups is 2. The van der Waals surface area contributed by atoms with Gasteiger partial charge in [-0.05, 0) is 24.8 Å². The summed E-state index contributed by atoms with van der Waals surface area (Å²) in [4.78, 5) is 33.5. The summed E-state index contributed by atoms with van der Waals surface area (Å²) >= 11 is 0. The normalized spacial score (nSPS) is 21.1. The van der Waals surface area contributed by atoms with E-state index in [4.69, 9.17) is 14.5 Å². The smallest absolute Gasteiger partial charge is 0.407 e. The standard InChI is InChI=1S/C31H39N5O4/c1-39-18-19-40-31(38)34-26-14-8-9-15-27(26)36-22-33-28(29(36)24-12-6-3-7-13-24)30(37)35-17-16-32-21-25(35)20-23-10-4-2-5-11-23/h2-7,10-13,22,25-27,32H,8-9,14-21H2,1H3,(H,34,38)/t25-,26+,27+/m1/s1. The van der Waals surface area contributed by atoms with Crippen LogP contribution in [0.5, 0.6) is 0 Å². The monoisotopic (exact) mass is 545 g/mol. The van der Waals surface area contributed by atoms with Gasteiger partial charge in [-0.15, -0.1) is 0 Å². The van der Waals surface area contributed by atoms with Gasteiger partial charge in [-0.3, -0.25) is 4.79 Å². The first-order valence-electron chi connectivity index (χ1n) is 14.3. The first-order valence-corrected chi connectivity index (χ1v) is 14.3. The lowest BCUT2D eigenvalue weighted by molar-refractivity contribution is 0.0631. The highest BCUT2D eigenvalue weighted by Gasteiger charge is 2.35. The van der Waals surface area contributed by atoms with E-state index in [-0.39, 0.29) is 30.6 Å². The summed E-state index contributed by atoms with van der Waals surface area (Å²) in [6, 6.07) is 20.1. The number of nitrogens with one attached hydrogen (secondary N) is 2. The molecule has 9 nitrogen and oxygen atoms in total. The average molecular weight is 546 g/mol. The molecule has 1 aliphatic heterocycles. The van der Waals surface area contributed by atoms with Crippen molar-refractivity contribution in [3.8, 4) is 11.3 Å².